The molecule has 7 nitrogen and oxygen atoms in total. The average molecular weight is 525 g/mol. The standard InChI is InChI=1S/C26H42N2O5P2/c1-7-31-34(6,29)18-10-14-27-16-12-22-23-13-17-28(21-25(23)26(4,5)24(22)20-27)15-11-19-35(30,32-8-2)33-9-3/h12-13,16-17,20-21H,7-11,14-15,18-19H2,1-6H3/q+2. The Bertz CT molecular complexity index is 1110. The summed E-state index contributed by atoms with van der Waals surface area (Å²) in [5.74, 6) is 0. The second-order valence-corrected chi connectivity index (χ2v) is 14.6. The first kappa shape index (κ1) is 28.2. The van der Waals surface area contributed by atoms with Crippen molar-refractivity contribution in [1.82, 2.24) is 0 Å². The third kappa shape index (κ3) is 6.90. The van der Waals surface area contributed by atoms with Crippen LogP contribution in [-0.4, -0.2) is 38.8 Å². The lowest BCUT2D eigenvalue weighted by molar-refractivity contribution is -0.697. The van der Waals surface area contributed by atoms with Crippen LogP contribution in [0.5, 0.6) is 0 Å². The van der Waals surface area contributed by atoms with Gasteiger partial charge in [0, 0.05) is 54.3 Å². The summed E-state index contributed by atoms with van der Waals surface area (Å²) in [6, 6.07) is 4.38. The first-order valence-corrected chi connectivity index (χ1v) is 16.7. The molecule has 1 unspecified atom stereocenters. The Morgan fingerprint density at radius 3 is 1.69 bits per heavy atom. The van der Waals surface area contributed by atoms with Crippen molar-refractivity contribution < 1.29 is 31.8 Å². The zero-order valence-corrected chi connectivity index (χ0v) is 23.9. The van der Waals surface area contributed by atoms with E-state index in [0.717, 1.165) is 25.9 Å². The lowest BCUT2D eigenvalue weighted by atomic mass is 9.84. The summed E-state index contributed by atoms with van der Waals surface area (Å²) in [5, 5.41) is 0. The Morgan fingerprint density at radius 2 is 1.23 bits per heavy atom. The molecular weight excluding hydrogens is 482 g/mol. The predicted octanol–water partition coefficient (Wildman–Crippen LogP) is 5.56. The molecule has 0 radical (unpaired) electrons. The molecule has 0 bridgehead atoms. The van der Waals surface area contributed by atoms with Crippen LogP contribution in [0.3, 0.4) is 0 Å². The maximum atomic E-state index is 12.8. The number of nitrogens with zero attached hydrogens (tertiary/aromatic N) is 2. The number of aryl methyl sites for hydroxylation is 2. The Hall–Kier alpha value is -1.36. The van der Waals surface area contributed by atoms with Crippen molar-refractivity contribution in [2.24, 2.45) is 0 Å². The maximum absolute atomic E-state index is 12.8. The van der Waals surface area contributed by atoms with Gasteiger partial charge in [-0.2, -0.15) is 0 Å². The van der Waals surface area contributed by atoms with Gasteiger partial charge < -0.3 is 13.6 Å². The van der Waals surface area contributed by atoms with Gasteiger partial charge in [0.25, 0.3) is 0 Å². The summed E-state index contributed by atoms with van der Waals surface area (Å²) in [7, 11) is -5.52. The molecular formula is C26H42N2O5P2+2. The monoisotopic (exact) mass is 524 g/mol. The van der Waals surface area contributed by atoms with Crippen molar-refractivity contribution in [2.75, 3.05) is 38.8 Å². The smallest absolute Gasteiger partial charge is 0.329 e. The lowest BCUT2D eigenvalue weighted by Gasteiger charge is -2.19. The van der Waals surface area contributed by atoms with E-state index >= 15 is 0 Å². The Kier molecular flexibility index (Phi) is 9.51. The zero-order valence-electron chi connectivity index (χ0n) is 22.2. The molecule has 9 heteroatoms. The second-order valence-electron chi connectivity index (χ2n) is 9.68. The third-order valence-electron chi connectivity index (χ3n) is 6.56. The van der Waals surface area contributed by atoms with Gasteiger partial charge in [-0.1, -0.05) is 13.8 Å². The van der Waals surface area contributed by atoms with E-state index < -0.39 is 15.0 Å². The molecule has 2 aromatic rings. The van der Waals surface area contributed by atoms with Gasteiger partial charge in [-0.25, -0.2) is 9.13 Å². The molecule has 2 heterocycles. The van der Waals surface area contributed by atoms with E-state index in [1.165, 1.54) is 22.3 Å². The minimum absolute atomic E-state index is 0.131. The summed E-state index contributed by atoms with van der Waals surface area (Å²) >= 11 is 0. The minimum atomic E-state index is -3.02. The molecule has 0 saturated heterocycles. The number of fused-ring (bicyclic) bond motifs is 3. The summed E-state index contributed by atoms with van der Waals surface area (Å²) < 4.78 is 45.8. The van der Waals surface area contributed by atoms with Gasteiger partial charge in [0.1, 0.15) is 13.1 Å². The van der Waals surface area contributed by atoms with E-state index in [0.29, 0.717) is 32.1 Å². The second kappa shape index (κ2) is 11.8. The fourth-order valence-corrected chi connectivity index (χ4v) is 7.89. The molecule has 1 aliphatic rings. The summed E-state index contributed by atoms with van der Waals surface area (Å²) in [5.41, 5.74) is 4.99. The van der Waals surface area contributed by atoms with Crippen LogP contribution < -0.4 is 9.13 Å². The molecule has 0 spiro atoms. The normalized spacial score (nSPS) is 16.1. The van der Waals surface area contributed by atoms with Gasteiger partial charge in [0.2, 0.25) is 0 Å². The molecule has 3 rings (SSSR count). The highest BCUT2D eigenvalue weighted by Gasteiger charge is 2.40. The fraction of sp³-hybridized carbons (Fsp3) is 0.615. The van der Waals surface area contributed by atoms with Crippen LogP contribution in [0.15, 0.2) is 36.9 Å². The quantitative estimate of drug-likeness (QED) is 0.239. The van der Waals surface area contributed by atoms with Gasteiger partial charge in [0.05, 0.1) is 26.0 Å². The first-order chi connectivity index (χ1) is 16.5. The summed E-state index contributed by atoms with van der Waals surface area (Å²) in [6.07, 6.45) is 11.2. The molecule has 0 aromatic carbocycles. The van der Waals surface area contributed by atoms with Crippen LogP contribution in [0.2, 0.25) is 0 Å². The number of pyridine rings is 2. The minimum Gasteiger partial charge on any atom is -0.329 e. The van der Waals surface area contributed by atoms with E-state index in [2.05, 4.69) is 59.9 Å². The van der Waals surface area contributed by atoms with E-state index in [4.69, 9.17) is 13.6 Å². The van der Waals surface area contributed by atoms with Crippen molar-refractivity contribution in [3.05, 3.63) is 48.0 Å². The molecule has 1 aliphatic carbocycles. The van der Waals surface area contributed by atoms with Crippen molar-refractivity contribution in [1.29, 1.82) is 0 Å². The number of rotatable bonds is 14. The van der Waals surface area contributed by atoms with Crippen molar-refractivity contribution in [3.63, 3.8) is 0 Å². The molecule has 0 saturated carbocycles. The van der Waals surface area contributed by atoms with Gasteiger partial charge in [-0.15, -0.1) is 0 Å². The highest BCUT2D eigenvalue weighted by atomic mass is 31.2. The van der Waals surface area contributed by atoms with Crippen molar-refractivity contribution >= 4 is 15.0 Å². The van der Waals surface area contributed by atoms with E-state index in [1.807, 2.05) is 20.8 Å². The van der Waals surface area contributed by atoms with E-state index in [9.17, 15) is 9.13 Å². The van der Waals surface area contributed by atoms with Gasteiger partial charge in [-0.3, -0.25) is 9.13 Å². The van der Waals surface area contributed by atoms with Gasteiger partial charge in [-0.05, 0) is 31.9 Å². The molecule has 0 N–H and O–H groups in total. The summed E-state index contributed by atoms with van der Waals surface area (Å²) in [6.45, 7) is 14.6. The molecule has 0 amide bonds. The molecule has 1 atom stereocenters. The van der Waals surface area contributed by atoms with E-state index in [1.54, 1.807) is 6.66 Å². The average Bonchev–Trinajstić information content (AvgIpc) is 3.00. The third-order valence-corrected chi connectivity index (χ3v) is 10.7. The highest BCUT2D eigenvalue weighted by molar-refractivity contribution is 7.58. The number of aromatic nitrogens is 2. The summed E-state index contributed by atoms with van der Waals surface area (Å²) in [4.78, 5) is 0. The van der Waals surface area contributed by atoms with Crippen LogP contribution in [0.4, 0.5) is 0 Å². The van der Waals surface area contributed by atoms with Gasteiger partial charge >= 0.3 is 7.60 Å². The first-order valence-electron chi connectivity index (χ1n) is 12.7. The fourth-order valence-electron chi connectivity index (χ4n) is 4.85. The maximum Gasteiger partial charge on any atom is 0.330 e. The number of hydrogen-bond acceptors (Lipinski definition) is 5. The topological polar surface area (TPSA) is 69.6 Å². The molecule has 0 aliphatic heterocycles. The highest BCUT2D eigenvalue weighted by Crippen LogP contribution is 2.49. The Morgan fingerprint density at radius 1 is 0.771 bits per heavy atom. The van der Waals surface area contributed by atoms with Crippen LogP contribution >= 0.6 is 15.0 Å². The van der Waals surface area contributed by atoms with Crippen molar-refractivity contribution in [2.45, 2.75) is 66.0 Å². The van der Waals surface area contributed by atoms with Crippen LogP contribution in [0.25, 0.3) is 11.1 Å². The molecule has 35 heavy (non-hydrogen) atoms. The molecule has 2 aromatic heterocycles. The molecule has 0 fully saturated rings. The lowest BCUT2D eigenvalue weighted by Crippen LogP contribution is -2.36. The number of hydrogen-bond donors (Lipinski definition) is 0. The Balaban J connectivity index is 1.70. The molecule has 194 valence electrons. The Labute approximate surface area is 210 Å². The van der Waals surface area contributed by atoms with Crippen LogP contribution in [0.1, 0.15) is 58.6 Å². The van der Waals surface area contributed by atoms with Gasteiger partial charge in [0.15, 0.2) is 32.2 Å². The van der Waals surface area contributed by atoms with Crippen molar-refractivity contribution in [3.8, 4) is 11.1 Å². The van der Waals surface area contributed by atoms with E-state index in [-0.39, 0.29) is 5.41 Å². The van der Waals surface area contributed by atoms with Crippen LogP contribution in [0, 0.1) is 0 Å². The zero-order chi connectivity index (χ0) is 25.7. The largest absolute Gasteiger partial charge is 0.330 e. The van der Waals surface area contributed by atoms with Crippen LogP contribution in [-0.2, 0) is 41.2 Å². The SMILES string of the molecule is CCOP(C)(=O)CCC[n+]1ccc2c(c1)C(C)(C)c1c[n+](CCCP(=O)(OCC)OCC)ccc1-2. The predicted molar refractivity (Wildman–Crippen MR) is 139 cm³/mol.